The van der Waals surface area contributed by atoms with Crippen molar-refractivity contribution in [3.05, 3.63) is 0 Å². The van der Waals surface area contributed by atoms with Crippen LogP contribution in [-0.4, -0.2) is 0 Å². The fourth-order valence-electron chi connectivity index (χ4n) is 0. The maximum Gasteiger partial charge on any atom is 0 e. The van der Waals surface area contributed by atoms with Gasteiger partial charge >= 0.3 is 0 Å². The van der Waals surface area contributed by atoms with E-state index in [1.807, 2.05) is 0 Å². The van der Waals surface area contributed by atoms with Gasteiger partial charge in [-0.1, -0.05) is 29.7 Å². The quantitative estimate of drug-likeness (QED) is 0.548. The van der Waals surface area contributed by atoms with Crippen LogP contribution in [0.2, 0.25) is 0 Å². The summed E-state index contributed by atoms with van der Waals surface area (Å²) in [7, 11) is 0. The van der Waals surface area contributed by atoms with E-state index >= 15 is 0 Å². The van der Waals surface area contributed by atoms with E-state index in [4.69, 9.17) is 0 Å². The van der Waals surface area contributed by atoms with Gasteiger partial charge in [-0.2, -0.15) is 0 Å². The standard InChI is InChI=1S/4CH4.3H3N.Pd/h4*1H4;3*1H3;. The van der Waals surface area contributed by atoms with E-state index in [1.165, 1.54) is 0 Å². The van der Waals surface area contributed by atoms with Gasteiger partial charge in [-0.15, -0.1) is 0 Å². The third kappa shape index (κ3) is 683. The first-order chi connectivity index (χ1) is 0. The Morgan fingerprint density at radius 1 is 0.375 bits per heavy atom. The number of rotatable bonds is 0. The van der Waals surface area contributed by atoms with Gasteiger partial charge in [-0.05, 0) is 0 Å². The molecule has 0 aliphatic carbocycles. The largest absolute Gasteiger partial charge is 0.344 e. The van der Waals surface area contributed by atoms with Crippen molar-refractivity contribution in [2.45, 2.75) is 29.7 Å². The Balaban J connectivity index is 0. The van der Waals surface area contributed by atoms with Crippen molar-refractivity contribution in [2.24, 2.45) is 0 Å². The molecule has 0 aromatic rings. The molecule has 0 bridgehead atoms. The summed E-state index contributed by atoms with van der Waals surface area (Å²) in [5, 5.41) is 0. The minimum absolute atomic E-state index is 0. The van der Waals surface area contributed by atoms with E-state index in [9.17, 15) is 0 Å². The molecule has 0 amide bonds. The monoisotopic (exact) mass is 221 g/mol. The second-order valence-electron chi connectivity index (χ2n) is 0. The molecule has 0 radical (unpaired) electrons. The third-order valence-electron chi connectivity index (χ3n) is 0. The average Bonchev–Trinajstić information content (AvgIpc) is 0. The topological polar surface area (TPSA) is 105 Å². The zero-order valence-electron chi connectivity index (χ0n) is 2.44. The Morgan fingerprint density at radius 2 is 0.375 bits per heavy atom. The predicted molar refractivity (Wildman–Crippen MR) is 42.0 cm³/mol. The smallest absolute Gasteiger partial charge is 0 e. The van der Waals surface area contributed by atoms with E-state index in [1.54, 1.807) is 0 Å². The Labute approximate surface area is 69.0 Å². The molecular weight excluding hydrogens is 196 g/mol. The second-order valence-corrected chi connectivity index (χ2v) is 0. The zero-order chi connectivity index (χ0) is 0. The molecule has 0 atom stereocenters. The molecule has 3 nitrogen and oxygen atoms in total. The van der Waals surface area contributed by atoms with Crippen molar-refractivity contribution < 1.29 is 20.4 Å². The first-order valence-corrected chi connectivity index (χ1v) is 0. The third-order valence-corrected chi connectivity index (χ3v) is 0. The summed E-state index contributed by atoms with van der Waals surface area (Å²) in [6, 6.07) is 0. The van der Waals surface area contributed by atoms with E-state index in [-0.39, 0.29) is 68.6 Å². The molecule has 0 saturated carbocycles. The van der Waals surface area contributed by atoms with Crippen LogP contribution in [0.4, 0.5) is 0 Å². The van der Waals surface area contributed by atoms with Crippen molar-refractivity contribution in [1.82, 2.24) is 18.5 Å². The Hall–Kier alpha value is 0.542. The molecule has 9 N–H and O–H groups in total. The van der Waals surface area contributed by atoms with E-state index < -0.39 is 0 Å². The maximum absolute atomic E-state index is 0. The molecule has 0 aliphatic rings. The van der Waals surface area contributed by atoms with Crippen molar-refractivity contribution in [3.63, 3.8) is 0 Å². The van der Waals surface area contributed by atoms with Crippen LogP contribution in [0.15, 0.2) is 0 Å². The molecule has 0 heterocycles. The Morgan fingerprint density at radius 3 is 0.375 bits per heavy atom. The maximum atomic E-state index is 0. The molecule has 0 aromatic heterocycles. The summed E-state index contributed by atoms with van der Waals surface area (Å²) in [6.07, 6.45) is 0. The minimum Gasteiger partial charge on any atom is -0.344 e. The van der Waals surface area contributed by atoms with Gasteiger partial charge in [0.15, 0.2) is 0 Å². The molecule has 0 unspecified atom stereocenters. The number of hydrogen-bond donors (Lipinski definition) is 3. The van der Waals surface area contributed by atoms with E-state index in [0.29, 0.717) is 0 Å². The molecule has 66 valence electrons. The van der Waals surface area contributed by atoms with Gasteiger partial charge in [0.2, 0.25) is 0 Å². The first-order valence-electron chi connectivity index (χ1n) is 0. The first kappa shape index (κ1) is 1650. The van der Waals surface area contributed by atoms with Crippen LogP contribution in [0, 0.1) is 0 Å². The van der Waals surface area contributed by atoms with E-state index in [2.05, 4.69) is 0 Å². The fraction of sp³-hybridized carbons (Fsp3) is 1.00. The summed E-state index contributed by atoms with van der Waals surface area (Å²) in [5.41, 5.74) is 0. The van der Waals surface area contributed by atoms with Crippen molar-refractivity contribution in [3.8, 4) is 0 Å². The Kier molecular flexibility index (Phi) is 227000. The van der Waals surface area contributed by atoms with Crippen molar-refractivity contribution in [1.29, 1.82) is 0 Å². The van der Waals surface area contributed by atoms with Gasteiger partial charge in [0.05, 0.1) is 0 Å². The minimum atomic E-state index is 0. The second kappa shape index (κ2) is 1100. The predicted octanol–water partition coefficient (Wildman–Crippen LogP) is 3.03. The molecule has 0 saturated heterocycles. The summed E-state index contributed by atoms with van der Waals surface area (Å²) >= 11 is 0. The molecular formula is C4H25N3Pd. The number of hydrogen-bond acceptors (Lipinski definition) is 3. The van der Waals surface area contributed by atoms with Gasteiger partial charge in [-0.3, -0.25) is 0 Å². The van der Waals surface area contributed by atoms with Crippen LogP contribution in [-0.2, 0) is 20.4 Å². The van der Waals surface area contributed by atoms with Gasteiger partial charge in [-0.25, -0.2) is 0 Å². The van der Waals surface area contributed by atoms with Crippen LogP contribution >= 0.6 is 0 Å². The summed E-state index contributed by atoms with van der Waals surface area (Å²) in [4.78, 5) is 0. The molecule has 8 heavy (non-hydrogen) atoms. The van der Waals surface area contributed by atoms with Crippen LogP contribution in [0.5, 0.6) is 0 Å². The van der Waals surface area contributed by atoms with Crippen molar-refractivity contribution >= 4 is 0 Å². The SMILES string of the molecule is C.C.C.C.N.N.N.[Pd]. The Bertz CT molecular complexity index is 11.2. The summed E-state index contributed by atoms with van der Waals surface area (Å²) in [6.45, 7) is 0. The van der Waals surface area contributed by atoms with Crippen LogP contribution in [0.25, 0.3) is 0 Å². The van der Waals surface area contributed by atoms with Gasteiger partial charge in [0.1, 0.15) is 0 Å². The molecule has 0 rings (SSSR count). The van der Waals surface area contributed by atoms with Crippen LogP contribution in [0.1, 0.15) is 29.7 Å². The molecule has 0 aliphatic heterocycles. The molecule has 0 spiro atoms. The summed E-state index contributed by atoms with van der Waals surface area (Å²) in [5.74, 6) is 0. The normalized spacial score (nSPS) is 0. The van der Waals surface area contributed by atoms with Crippen LogP contribution in [0.3, 0.4) is 0 Å². The van der Waals surface area contributed by atoms with Gasteiger partial charge in [0, 0.05) is 20.4 Å². The fourth-order valence-corrected chi connectivity index (χ4v) is 0. The molecule has 4 heteroatoms. The van der Waals surface area contributed by atoms with Gasteiger partial charge < -0.3 is 18.5 Å². The van der Waals surface area contributed by atoms with Gasteiger partial charge in [0.25, 0.3) is 0 Å². The molecule has 0 fully saturated rings. The average molecular weight is 222 g/mol. The van der Waals surface area contributed by atoms with Crippen molar-refractivity contribution in [2.75, 3.05) is 0 Å². The molecule has 0 aromatic carbocycles. The summed E-state index contributed by atoms with van der Waals surface area (Å²) < 4.78 is 0. The van der Waals surface area contributed by atoms with Crippen LogP contribution < -0.4 is 18.5 Å². The van der Waals surface area contributed by atoms with E-state index in [0.717, 1.165) is 0 Å². The zero-order valence-corrected chi connectivity index (χ0v) is 3.99.